The first-order valence-corrected chi connectivity index (χ1v) is 12.7. The average molecular weight is 515 g/mol. The van der Waals surface area contributed by atoms with Crippen LogP contribution in [0.15, 0.2) is 84.9 Å². The molecular weight excluding hydrogens is 480 g/mol. The Morgan fingerprint density at radius 2 is 1.05 bits per heavy atom. The number of benzene rings is 3. The Morgan fingerprint density at radius 1 is 0.632 bits per heavy atom. The molecule has 0 atom stereocenters. The van der Waals surface area contributed by atoms with Gasteiger partial charge >= 0.3 is 11.9 Å². The van der Waals surface area contributed by atoms with Crippen molar-refractivity contribution in [1.29, 1.82) is 0 Å². The Bertz CT molecular complexity index is 1130. The van der Waals surface area contributed by atoms with Crippen molar-refractivity contribution in [3.05, 3.63) is 107 Å². The Hall–Kier alpha value is -4.32. The molecule has 0 radical (unpaired) electrons. The third-order valence-corrected chi connectivity index (χ3v) is 5.35. The van der Waals surface area contributed by atoms with Gasteiger partial charge in [-0.25, -0.2) is 0 Å². The van der Waals surface area contributed by atoms with Crippen LogP contribution in [0.3, 0.4) is 0 Å². The fraction of sp³-hybridized carbons (Fsp3) is 0.250. The predicted octanol–water partition coefficient (Wildman–Crippen LogP) is 6.08. The molecule has 0 N–H and O–H groups in total. The van der Waals surface area contributed by atoms with Gasteiger partial charge in [-0.05, 0) is 72.5 Å². The van der Waals surface area contributed by atoms with Gasteiger partial charge in [0.2, 0.25) is 0 Å². The molecule has 0 bridgehead atoms. The highest BCUT2D eigenvalue weighted by molar-refractivity contribution is 5.73. The number of rotatable bonds is 14. The maximum Gasteiger partial charge on any atom is 0.310 e. The summed E-state index contributed by atoms with van der Waals surface area (Å²) in [5.41, 5.74) is 3.86. The highest BCUT2D eigenvalue weighted by Gasteiger charge is 2.06. The lowest BCUT2D eigenvalue weighted by atomic mass is 10.1. The van der Waals surface area contributed by atoms with Gasteiger partial charge in [-0.15, -0.1) is 0 Å². The second-order valence-corrected chi connectivity index (χ2v) is 8.35. The van der Waals surface area contributed by atoms with Gasteiger partial charge in [-0.3, -0.25) is 9.59 Å². The molecule has 38 heavy (non-hydrogen) atoms. The molecule has 0 saturated heterocycles. The molecule has 6 nitrogen and oxygen atoms in total. The Balaban J connectivity index is 1.41. The van der Waals surface area contributed by atoms with E-state index in [-0.39, 0.29) is 24.8 Å². The summed E-state index contributed by atoms with van der Waals surface area (Å²) in [5.74, 6) is 0.940. The number of hydrogen-bond donors (Lipinski definition) is 0. The van der Waals surface area contributed by atoms with Gasteiger partial charge in [0.15, 0.2) is 0 Å². The molecule has 3 rings (SSSR count). The number of esters is 2. The van der Waals surface area contributed by atoms with Gasteiger partial charge in [-0.1, -0.05) is 60.7 Å². The van der Waals surface area contributed by atoms with Crippen LogP contribution in [0.4, 0.5) is 0 Å². The van der Waals surface area contributed by atoms with Crippen LogP contribution in [0.1, 0.15) is 36.1 Å². The van der Waals surface area contributed by atoms with Crippen molar-refractivity contribution in [1.82, 2.24) is 0 Å². The average Bonchev–Trinajstić information content (AvgIpc) is 2.90. The first-order valence-electron chi connectivity index (χ1n) is 12.7. The van der Waals surface area contributed by atoms with Gasteiger partial charge < -0.3 is 18.9 Å². The molecule has 0 spiro atoms. The molecule has 0 amide bonds. The molecule has 198 valence electrons. The zero-order valence-corrected chi connectivity index (χ0v) is 21.9. The lowest BCUT2D eigenvalue weighted by molar-refractivity contribution is -0.143. The zero-order valence-electron chi connectivity index (χ0n) is 21.9. The van der Waals surface area contributed by atoms with Crippen LogP contribution < -0.4 is 9.47 Å². The largest absolute Gasteiger partial charge is 0.490 e. The van der Waals surface area contributed by atoms with E-state index in [2.05, 4.69) is 0 Å². The SMILES string of the molecule is CCOC(=O)Cc1cccc(OC/C=C/c2ccc(/C=C/COc3cccc(CC(=O)OCC)c3)cc2)c1. The van der Waals surface area contributed by atoms with Crippen molar-refractivity contribution in [2.75, 3.05) is 26.4 Å². The molecule has 0 heterocycles. The van der Waals surface area contributed by atoms with Crippen LogP contribution in [0.2, 0.25) is 0 Å². The van der Waals surface area contributed by atoms with Gasteiger partial charge in [-0.2, -0.15) is 0 Å². The van der Waals surface area contributed by atoms with Crippen molar-refractivity contribution < 1.29 is 28.5 Å². The van der Waals surface area contributed by atoms with E-state index in [4.69, 9.17) is 18.9 Å². The predicted molar refractivity (Wildman–Crippen MR) is 149 cm³/mol. The summed E-state index contributed by atoms with van der Waals surface area (Å²) in [5, 5.41) is 0. The second kappa shape index (κ2) is 15.7. The van der Waals surface area contributed by atoms with Crippen LogP contribution in [0.5, 0.6) is 11.5 Å². The quantitative estimate of drug-likeness (QED) is 0.243. The van der Waals surface area contributed by atoms with Crippen molar-refractivity contribution in [2.45, 2.75) is 26.7 Å². The lowest BCUT2D eigenvalue weighted by Crippen LogP contribution is -2.07. The summed E-state index contributed by atoms with van der Waals surface area (Å²) in [4.78, 5) is 23.3. The summed E-state index contributed by atoms with van der Waals surface area (Å²) < 4.78 is 21.6. The molecule has 0 unspecified atom stereocenters. The Morgan fingerprint density at radius 3 is 1.45 bits per heavy atom. The molecule has 0 aliphatic carbocycles. The normalized spacial score (nSPS) is 11.0. The first kappa shape index (κ1) is 28.3. The molecule has 6 heteroatoms. The fourth-order valence-electron chi connectivity index (χ4n) is 3.62. The standard InChI is InChI=1S/C32H34O6/c1-3-35-31(33)23-27-9-5-13-29(21-27)37-19-7-11-25-15-17-26(18-16-25)12-8-20-38-30-14-6-10-28(22-30)24-32(34)36-4-2/h5-18,21-22H,3-4,19-20,23-24H2,1-2H3/b11-7+,12-8+. The topological polar surface area (TPSA) is 71.1 Å². The van der Waals surface area contributed by atoms with E-state index in [1.807, 2.05) is 97.1 Å². The van der Waals surface area contributed by atoms with Crippen molar-refractivity contribution in [3.8, 4) is 11.5 Å². The number of hydrogen-bond acceptors (Lipinski definition) is 6. The molecule has 0 saturated carbocycles. The van der Waals surface area contributed by atoms with Gasteiger partial charge in [0.25, 0.3) is 0 Å². The van der Waals surface area contributed by atoms with Gasteiger partial charge in [0.1, 0.15) is 24.7 Å². The highest BCUT2D eigenvalue weighted by Crippen LogP contribution is 2.16. The second-order valence-electron chi connectivity index (χ2n) is 8.35. The fourth-order valence-corrected chi connectivity index (χ4v) is 3.62. The number of carbonyl (C=O) groups is 2. The Labute approximate surface area is 224 Å². The summed E-state index contributed by atoms with van der Waals surface area (Å²) in [6.45, 7) is 5.18. The molecule has 0 aliphatic heterocycles. The van der Waals surface area contributed by atoms with E-state index in [0.717, 1.165) is 22.3 Å². The molecular formula is C32H34O6. The maximum absolute atomic E-state index is 11.7. The number of carbonyl (C=O) groups excluding carboxylic acids is 2. The van der Waals surface area contributed by atoms with E-state index in [1.165, 1.54) is 0 Å². The van der Waals surface area contributed by atoms with E-state index >= 15 is 0 Å². The lowest BCUT2D eigenvalue weighted by Gasteiger charge is -2.06. The summed E-state index contributed by atoms with van der Waals surface area (Å²) in [6, 6.07) is 23.1. The number of ether oxygens (including phenoxy) is 4. The summed E-state index contributed by atoms with van der Waals surface area (Å²) in [7, 11) is 0. The minimum atomic E-state index is -0.243. The molecule has 0 aromatic heterocycles. The highest BCUT2D eigenvalue weighted by atomic mass is 16.5. The van der Waals surface area contributed by atoms with Crippen molar-refractivity contribution in [2.24, 2.45) is 0 Å². The van der Waals surface area contributed by atoms with Crippen molar-refractivity contribution >= 4 is 24.1 Å². The van der Waals surface area contributed by atoms with E-state index in [1.54, 1.807) is 13.8 Å². The molecule has 3 aromatic carbocycles. The van der Waals surface area contributed by atoms with E-state index < -0.39 is 0 Å². The first-order chi connectivity index (χ1) is 18.6. The summed E-state index contributed by atoms with van der Waals surface area (Å²) >= 11 is 0. The van der Waals surface area contributed by atoms with Crippen LogP contribution in [0, 0.1) is 0 Å². The third kappa shape index (κ3) is 10.3. The van der Waals surface area contributed by atoms with Gasteiger partial charge in [0.05, 0.1) is 26.1 Å². The smallest absolute Gasteiger partial charge is 0.310 e. The third-order valence-electron chi connectivity index (χ3n) is 5.35. The minimum absolute atomic E-state index is 0.234. The van der Waals surface area contributed by atoms with Gasteiger partial charge in [0, 0.05) is 0 Å². The molecule has 0 fully saturated rings. The van der Waals surface area contributed by atoms with E-state index in [0.29, 0.717) is 37.9 Å². The van der Waals surface area contributed by atoms with Crippen molar-refractivity contribution in [3.63, 3.8) is 0 Å². The molecule has 3 aromatic rings. The monoisotopic (exact) mass is 514 g/mol. The van der Waals surface area contributed by atoms with Crippen LogP contribution in [0.25, 0.3) is 12.2 Å². The summed E-state index contributed by atoms with van der Waals surface area (Å²) in [6.07, 6.45) is 8.38. The zero-order chi connectivity index (χ0) is 27.0. The van der Waals surface area contributed by atoms with E-state index in [9.17, 15) is 9.59 Å². The Kier molecular flexibility index (Phi) is 11.7. The van der Waals surface area contributed by atoms with Crippen LogP contribution >= 0.6 is 0 Å². The van der Waals surface area contributed by atoms with Crippen LogP contribution in [-0.2, 0) is 31.9 Å². The minimum Gasteiger partial charge on any atom is -0.490 e. The molecule has 0 aliphatic rings. The van der Waals surface area contributed by atoms with Crippen LogP contribution in [-0.4, -0.2) is 38.4 Å². The maximum atomic E-state index is 11.7.